The fourth-order valence-corrected chi connectivity index (χ4v) is 3.92. The molecular weight excluding hydrogens is 415 g/mol. The van der Waals surface area contributed by atoms with Crippen LogP contribution in [-0.4, -0.2) is 12.8 Å². The minimum absolute atomic E-state index is 0.00745. The third-order valence-electron chi connectivity index (χ3n) is 4.74. The second kappa shape index (κ2) is 8.04. The summed E-state index contributed by atoms with van der Waals surface area (Å²) in [5.74, 6) is 0.814. The van der Waals surface area contributed by atoms with Gasteiger partial charge >= 0.3 is 0 Å². The van der Waals surface area contributed by atoms with Crippen LogP contribution in [0.5, 0.6) is 5.75 Å². The van der Waals surface area contributed by atoms with E-state index in [1.165, 1.54) is 0 Å². The van der Waals surface area contributed by atoms with E-state index in [1.807, 2.05) is 65.7 Å². The average Bonchev–Trinajstić information content (AvgIpc) is 3.13. The Morgan fingerprint density at radius 1 is 0.893 bits per heavy atom. The fraction of sp³-hybridized carbons (Fsp3) is 0.136. The van der Waals surface area contributed by atoms with Gasteiger partial charge in [0.2, 0.25) is 0 Å². The maximum absolute atomic E-state index is 6.49. The number of methoxy groups -OCH3 is 1. The van der Waals surface area contributed by atoms with Gasteiger partial charge in [-0.25, -0.2) is 0 Å². The molecule has 0 aromatic heterocycles. The van der Waals surface area contributed by atoms with Crippen molar-refractivity contribution in [1.82, 2.24) is 0 Å². The maximum atomic E-state index is 6.49. The summed E-state index contributed by atoms with van der Waals surface area (Å²) in [4.78, 5) is 0. The van der Waals surface area contributed by atoms with Gasteiger partial charge in [-0.1, -0.05) is 46.9 Å². The highest BCUT2D eigenvalue weighted by Crippen LogP contribution is 2.40. The molecule has 3 nitrogen and oxygen atoms in total. The first-order chi connectivity index (χ1) is 13.5. The number of rotatable bonds is 4. The number of ether oxygens (including phenoxy) is 1. The summed E-state index contributed by atoms with van der Waals surface area (Å²) in [5, 5.41) is 8.72. The monoisotopic (exact) mass is 430 g/mol. The predicted octanol–water partition coefficient (Wildman–Crippen LogP) is 7.01. The second-order valence-electron chi connectivity index (χ2n) is 6.49. The van der Waals surface area contributed by atoms with Crippen LogP contribution < -0.4 is 9.75 Å². The zero-order valence-corrected chi connectivity index (χ0v) is 17.3. The van der Waals surface area contributed by atoms with Crippen LogP contribution in [0.4, 0.5) is 5.69 Å². The Morgan fingerprint density at radius 2 is 1.57 bits per heavy atom. The third kappa shape index (κ3) is 3.83. The summed E-state index contributed by atoms with van der Waals surface area (Å²) >= 11 is 18.6. The standard InChI is InChI=1S/C22H17Cl3N2O/c1-28-18-9-4-14(5-10-18)20-13-22(15-2-6-16(23)7-3-15)27(26-20)21-11-8-17(24)12-19(21)25/h2-12,22H,13H2,1H3/t22-/m0/s1. The number of benzene rings is 3. The van der Waals surface area contributed by atoms with Gasteiger partial charge < -0.3 is 4.74 Å². The summed E-state index contributed by atoms with van der Waals surface area (Å²) in [7, 11) is 1.66. The van der Waals surface area contributed by atoms with Gasteiger partial charge in [0.1, 0.15) is 5.75 Å². The van der Waals surface area contributed by atoms with E-state index < -0.39 is 0 Å². The molecule has 142 valence electrons. The predicted molar refractivity (Wildman–Crippen MR) is 117 cm³/mol. The minimum Gasteiger partial charge on any atom is -0.497 e. The van der Waals surface area contributed by atoms with E-state index in [0.29, 0.717) is 15.1 Å². The average molecular weight is 432 g/mol. The minimum atomic E-state index is 0.00745. The molecule has 1 aliphatic heterocycles. The Bertz CT molecular complexity index is 1020. The molecule has 0 spiro atoms. The van der Waals surface area contributed by atoms with Crippen molar-refractivity contribution in [2.75, 3.05) is 12.1 Å². The van der Waals surface area contributed by atoms with Crippen LogP contribution in [-0.2, 0) is 0 Å². The van der Waals surface area contributed by atoms with E-state index in [0.717, 1.165) is 34.7 Å². The highest BCUT2D eigenvalue weighted by molar-refractivity contribution is 6.36. The van der Waals surface area contributed by atoms with E-state index in [-0.39, 0.29) is 6.04 Å². The number of hydrogen-bond acceptors (Lipinski definition) is 3. The van der Waals surface area contributed by atoms with Crippen LogP contribution in [0.15, 0.2) is 71.8 Å². The van der Waals surface area contributed by atoms with E-state index in [4.69, 9.17) is 44.6 Å². The van der Waals surface area contributed by atoms with Gasteiger partial charge in [-0.3, -0.25) is 5.01 Å². The molecule has 3 aromatic carbocycles. The number of nitrogens with zero attached hydrogens (tertiary/aromatic N) is 2. The first-order valence-electron chi connectivity index (χ1n) is 8.77. The van der Waals surface area contributed by atoms with Crippen LogP contribution in [0.1, 0.15) is 23.6 Å². The lowest BCUT2D eigenvalue weighted by Gasteiger charge is -2.25. The van der Waals surface area contributed by atoms with Crippen molar-refractivity contribution in [3.63, 3.8) is 0 Å². The van der Waals surface area contributed by atoms with Crippen LogP contribution in [0, 0.1) is 0 Å². The summed E-state index contributed by atoms with van der Waals surface area (Å²) in [6.45, 7) is 0. The van der Waals surface area contributed by atoms with Crippen molar-refractivity contribution >= 4 is 46.2 Å². The first kappa shape index (κ1) is 19.1. The molecule has 0 radical (unpaired) electrons. The highest BCUT2D eigenvalue weighted by atomic mass is 35.5. The highest BCUT2D eigenvalue weighted by Gasteiger charge is 2.31. The Morgan fingerprint density at radius 3 is 2.21 bits per heavy atom. The van der Waals surface area contributed by atoms with E-state index in [1.54, 1.807) is 13.2 Å². The first-order valence-corrected chi connectivity index (χ1v) is 9.90. The molecule has 0 aliphatic carbocycles. The largest absolute Gasteiger partial charge is 0.497 e. The van der Waals surface area contributed by atoms with Crippen molar-refractivity contribution in [3.8, 4) is 5.75 Å². The van der Waals surface area contributed by atoms with Crippen LogP contribution in [0.25, 0.3) is 0 Å². The van der Waals surface area contributed by atoms with Crippen molar-refractivity contribution in [3.05, 3.63) is 92.9 Å². The molecule has 0 N–H and O–H groups in total. The fourth-order valence-electron chi connectivity index (χ4n) is 3.30. The number of hydrogen-bond donors (Lipinski definition) is 0. The molecule has 4 rings (SSSR count). The lowest BCUT2D eigenvalue weighted by atomic mass is 9.98. The van der Waals surface area contributed by atoms with Crippen molar-refractivity contribution in [2.24, 2.45) is 5.10 Å². The lowest BCUT2D eigenvalue weighted by Crippen LogP contribution is -2.18. The van der Waals surface area contributed by atoms with Gasteiger partial charge in [0.15, 0.2) is 0 Å². The summed E-state index contributed by atoms with van der Waals surface area (Å²) in [5.41, 5.74) is 3.96. The van der Waals surface area contributed by atoms with Gasteiger partial charge in [0, 0.05) is 16.5 Å². The third-order valence-corrected chi connectivity index (χ3v) is 5.53. The molecule has 1 aliphatic rings. The molecule has 1 atom stereocenters. The van der Waals surface area contributed by atoms with E-state index >= 15 is 0 Å². The Balaban J connectivity index is 1.75. The smallest absolute Gasteiger partial charge is 0.118 e. The van der Waals surface area contributed by atoms with Gasteiger partial charge in [0.25, 0.3) is 0 Å². The molecule has 28 heavy (non-hydrogen) atoms. The van der Waals surface area contributed by atoms with Crippen LogP contribution >= 0.6 is 34.8 Å². The van der Waals surface area contributed by atoms with Gasteiger partial charge in [0.05, 0.1) is 29.6 Å². The van der Waals surface area contributed by atoms with Gasteiger partial charge in [-0.05, 0) is 65.7 Å². The molecule has 0 saturated carbocycles. The molecule has 3 aromatic rings. The Kier molecular flexibility index (Phi) is 5.49. The van der Waals surface area contributed by atoms with E-state index in [2.05, 4.69) is 0 Å². The Hall–Kier alpha value is -2.20. The molecule has 0 saturated heterocycles. The maximum Gasteiger partial charge on any atom is 0.118 e. The zero-order valence-electron chi connectivity index (χ0n) is 15.1. The molecule has 0 bridgehead atoms. The van der Waals surface area contributed by atoms with Crippen LogP contribution in [0.2, 0.25) is 15.1 Å². The SMILES string of the molecule is COc1ccc(C2=NN(c3ccc(Cl)cc3Cl)[C@H](c3ccc(Cl)cc3)C2)cc1. The zero-order chi connectivity index (χ0) is 19.7. The molecule has 6 heteroatoms. The summed E-state index contributed by atoms with van der Waals surface area (Å²) in [6.07, 6.45) is 0.743. The molecule has 0 unspecified atom stereocenters. The second-order valence-corrected chi connectivity index (χ2v) is 7.77. The molecular formula is C22H17Cl3N2O. The molecule has 0 amide bonds. The molecule has 1 heterocycles. The normalized spacial score (nSPS) is 16.2. The van der Waals surface area contributed by atoms with Crippen molar-refractivity contribution < 1.29 is 4.74 Å². The van der Waals surface area contributed by atoms with Gasteiger partial charge in [-0.15, -0.1) is 0 Å². The van der Waals surface area contributed by atoms with Gasteiger partial charge in [-0.2, -0.15) is 5.10 Å². The van der Waals surface area contributed by atoms with Crippen molar-refractivity contribution in [1.29, 1.82) is 0 Å². The van der Waals surface area contributed by atoms with Crippen LogP contribution in [0.3, 0.4) is 0 Å². The lowest BCUT2D eigenvalue weighted by molar-refractivity contribution is 0.415. The summed E-state index contributed by atoms with van der Waals surface area (Å²) in [6, 6.07) is 21.2. The summed E-state index contributed by atoms with van der Waals surface area (Å²) < 4.78 is 5.26. The quantitative estimate of drug-likeness (QED) is 0.444. The topological polar surface area (TPSA) is 24.8 Å². The number of anilines is 1. The number of halogens is 3. The van der Waals surface area contributed by atoms with Crippen molar-refractivity contribution in [2.45, 2.75) is 12.5 Å². The number of hydrazone groups is 1. The van der Waals surface area contributed by atoms with E-state index in [9.17, 15) is 0 Å². The molecule has 0 fully saturated rings. The Labute approximate surface area is 179 Å².